The van der Waals surface area contributed by atoms with Crippen LogP contribution in [0.15, 0.2) is 4.99 Å². The summed E-state index contributed by atoms with van der Waals surface area (Å²) in [5.74, 6) is 3.86. The molecule has 0 unspecified atom stereocenters. The molecule has 0 amide bonds. The molecule has 0 saturated heterocycles. The fraction of sp³-hybridized carbons (Fsp3) is 0.824. The minimum Gasteiger partial charge on any atom is -0.357 e. The number of hydrogen-bond acceptors (Lipinski definition) is 3. The molecule has 0 bridgehead atoms. The van der Waals surface area contributed by atoms with Gasteiger partial charge in [-0.05, 0) is 32.1 Å². The maximum atomic E-state index is 4.63. The molecule has 1 aliphatic heterocycles. The van der Waals surface area contributed by atoms with Gasteiger partial charge in [-0.15, -0.1) is 34.2 Å². The smallest absolute Gasteiger partial charge is 0.191 e. The zero-order valence-electron chi connectivity index (χ0n) is 15.3. The zero-order valence-corrected chi connectivity index (χ0v) is 17.7. The molecule has 0 saturated carbocycles. The topological polar surface area (TPSA) is 67.1 Å². The summed E-state index contributed by atoms with van der Waals surface area (Å²) in [6, 6.07) is 0. The summed E-state index contributed by atoms with van der Waals surface area (Å²) >= 11 is 0. The normalized spacial score (nSPS) is 14.8. The SMILES string of the molecule is CCNC(=NCCC(C)C)NCCc1nnc2n1CCCCC2.I. The average Bonchev–Trinajstić information content (AvgIpc) is 2.75. The van der Waals surface area contributed by atoms with Gasteiger partial charge in [0.05, 0.1) is 0 Å². The number of halogens is 1. The molecule has 1 aliphatic rings. The van der Waals surface area contributed by atoms with Gasteiger partial charge in [0, 0.05) is 39.0 Å². The third-order valence-electron chi connectivity index (χ3n) is 4.15. The first kappa shape index (κ1) is 21.2. The second-order valence-electron chi connectivity index (χ2n) is 6.61. The predicted molar refractivity (Wildman–Crippen MR) is 110 cm³/mol. The molecule has 24 heavy (non-hydrogen) atoms. The van der Waals surface area contributed by atoms with Crippen LogP contribution >= 0.6 is 24.0 Å². The van der Waals surface area contributed by atoms with Crippen molar-refractivity contribution in [3.05, 3.63) is 11.6 Å². The van der Waals surface area contributed by atoms with Gasteiger partial charge in [0.2, 0.25) is 0 Å². The summed E-state index contributed by atoms with van der Waals surface area (Å²) in [6.45, 7) is 10.2. The van der Waals surface area contributed by atoms with Crippen LogP contribution in [0.4, 0.5) is 0 Å². The van der Waals surface area contributed by atoms with Crippen molar-refractivity contribution in [3.8, 4) is 0 Å². The van der Waals surface area contributed by atoms with Gasteiger partial charge in [0.15, 0.2) is 5.96 Å². The van der Waals surface area contributed by atoms with E-state index in [9.17, 15) is 0 Å². The van der Waals surface area contributed by atoms with Crippen molar-refractivity contribution in [2.24, 2.45) is 10.9 Å². The number of aryl methyl sites for hydroxylation is 1. The third-order valence-corrected chi connectivity index (χ3v) is 4.15. The molecular weight excluding hydrogens is 415 g/mol. The maximum absolute atomic E-state index is 4.63. The number of hydrogen-bond donors (Lipinski definition) is 2. The monoisotopic (exact) mass is 448 g/mol. The maximum Gasteiger partial charge on any atom is 0.191 e. The molecule has 1 aromatic rings. The lowest BCUT2D eigenvalue weighted by Gasteiger charge is -2.12. The summed E-state index contributed by atoms with van der Waals surface area (Å²) < 4.78 is 2.32. The predicted octanol–water partition coefficient (Wildman–Crippen LogP) is 2.77. The Hall–Kier alpha value is -0.860. The molecule has 2 heterocycles. The van der Waals surface area contributed by atoms with Gasteiger partial charge in [-0.3, -0.25) is 4.99 Å². The lowest BCUT2D eigenvalue weighted by atomic mass is 10.1. The number of guanidine groups is 1. The molecule has 2 N–H and O–H groups in total. The molecule has 0 radical (unpaired) electrons. The third kappa shape index (κ3) is 6.94. The van der Waals surface area contributed by atoms with E-state index in [1.165, 1.54) is 19.3 Å². The number of rotatable bonds is 7. The summed E-state index contributed by atoms with van der Waals surface area (Å²) in [4.78, 5) is 4.63. The largest absolute Gasteiger partial charge is 0.357 e. The van der Waals surface area contributed by atoms with E-state index < -0.39 is 0 Å². The lowest BCUT2D eigenvalue weighted by molar-refractivity contribution is 0.591. The molecule has 138 valence electrons. The molecule has 2 rings (SSSR count). The zero-order chi connectivity index (χ0) is 16.5. The molecule has 1 aromatic heterocycles. The first-order valence-corrected chi connectivity index (χ1v) is 9.13. The Morgan fingerprint density at radius 1 is 1.21 bits per heavy atom. The van der Waals surface area contributed by atoms with Gasteiger partial charge in [0.25, 0.3) is 0 Å². The van der Waals surface area contributed by atoms with Crippen LogP contribution in [0.1, 0.15) is 58.1 Å². The Balaban J connectivity index is 0.00000288. The Labute approximate surface area is 163 Å². The van der Waals surface area contributed by atoms with Crippen LogP contribution < -0.4 is 10.6 Å². The highest BCUT2D eigenvalue weighted by Gasteiger charge is 2.14. The summed E-state index contributed by atoms with van der Waals surface area (Å²) in [6.07, 6.45) is 6.86. The summed E-state index contributed by atoms with van der Waals surface area (Å²) in [5, 5.41) is 15.5. The first-order chi connectivity index (χ1) is 11.2. The van der Waals surface area contributed by atoms with E-state index >= 15 is 0 Å². The van der Waals surface area contributed by atoms with Gasteiger partial charge in [-0.25, -0.2) is 0 Å². The highest BCUT2D eigenvalue weighted by molar-refractivity contribution is 14.0. The van der Waals surface area contributed by atoms with Crippen LogP contribution in [-0.2, 0) is 19.4 Å². The lowest BCUT2D eigenvalue weighted by Crippen LogP contribution is -2.38. The van der Waals surface area contributed by atoms with Gasteiger partial charge < -0.3 is 15.2 Å². The molecule has 0 fully saturated rings. The van der Waals surface area contributed by atoms with E-state index in [4.69, 9.17) is 0 Å². The van der Waals surface area contributed by atoms with Crippen LogP contribution in [0.2, 0.25) is 0 Å². The van der Waals surface area contributed by atoms with Crippen molar-refractivity contribution in [1.82, 2.24) is 25.4 Å². The van der Waals surface area contributed by atoms with Crippen LogP contribution in [0.3, 0.4) is 0 Å². The fourth-order valence-corrected chi connectivity index (χ4v) is 2.80. The Morgan fingerprint density at radius 2 is 2.04 bits per heavy atom. The Morgan fingerprint density at radius 3 is 2.79 bits per heavy atom. The van der Waals surface area contributed by atoms with Crippen LogP contribution in [-0.4, -0.2) is 40.4 Å². The highest BCUT2D eigenvalue weighted by Crippen LogP contribution is 2.14. The van der Waals surface area contributed by atoms with E-state index in [1.807, 2.05) is 0 Å². The van der Waals surface area contributed by atoms with Crippen molar-refractivity contribution in [2.45, 2.75) is 65.8 Å². The number of aromatic nitrogens is 3. The van der Waals surface area contributed by atoms with E-state index in [0.29, 0.717) is 5.92 Å². The van der Waals surface area contributed by atoms with Crippen molar-refractivity contribution < 1.29 is 0 Å². The molecule has 0 aliphatic carbocycles. The number of nitrogens with one attached hydrogen (secondary N) is 2. The molecular formula is C17H33IN6. The molecule has 7 heteroatoms. The fourth-order valence-electron chi connectivity index (χ4n) is 2.80. The second kappa shape index (κ2) is 11.7. The average molecular weight is 448 g/mol. The Kier molecular flexibility index (Phi) is 10.3. The minimum atomic E-state index is 0. The number of nitrogens with zero attached hydrogens (tertiary/aromatic N) is 4. The van der Waals surface area contributed by atoms with Crippen molar-refractivity contribution in [2.75, 3.05) is 19.6 Å². The quantitative estimate of drug-likeness (QED) is 0.383. The van der Waals surface area contributed by atoms with Crippen LogP contribution in [0.25, 0.3) is 0 Å². The van der Waals surface area contributed by atoms with Gasteiger partial charge >= 0.3 is 0 Å². The van der Waals surface area contributed by atoms with Crippen LogP contribution in [0, 0.1) is 5.92 Å². The second-order valence-corrected chi connectivity index (χ2v) is 6.61. The first-order valence-electron chi connectivity index (χ1n) is 9.13. The standard InChI is InChI=1S/C17H32N6.HI/c1-4-18-17(19-11-9-14(2)3)20-12-10-16-22-21-15-8-6-5-7-13-23(15)16;/h14H,4-13H2,1-3H3,(H2,18,19,20);1H. The molecule has 0 aromatic carbocycles. The molecule has 6 nitrogen and oxygen atoms in total. The minimum absolute atomic E-state index is 0. The van der Waals surface area contributed by atoms with Crippen molar-refractivity contribution in [1.29, 1.82) is 0 Å². The van der Waals surface area contributed by atoms with Crippen molar-refractivity contribution in [3.63, 3.8) is 0 Å². The van der Waals surface area contributed by atoms with Crippen molar-refractivity contribution >= 4 is 29.9 Å². The van der Waals surface area contributed by atoms with Gasteiger partial charge in [-0.2, -0.15) is 0 Å². The van der Waals surface area contributed by atoms with Gasteiger partial charge in [-0.1, -0.05) is 20.3 Å². The van der Waals surface area contributed by atoms with E-state index in [1.54, 1.807) is 0 Å². The van der Waals surface area contributed by atoms with E-state index in [2.05, 4.69) is 51.2 Å². The number of fused-ring (bicyclic) bond motifs is 1. The number of aliphatic imine (C=N–C) groups is 1. The molecule has 0 spiro atoms. The summed E-state index contributed by atoms with van der Waals surface area (Å²) in [7, 11) is 0. The van der Waals surface area contributed by atoms with Crippen LogP contribution in [0.5, 0.6) is 0 Å². The molecule has 0 atom stereocenters. The van der Waals surface area contributed by atoms with E-state index in [-0.39, 0.29) is 24.0 Å². The summed E-state index contributed by atoms with van der Waals surface area (Å²) in [5.41, 5.74) is 0. The van der Waals surface area contributed by atoms with E-state index in [0.717, 1.165) is 63.0 Å². The Bertz CT molecular complexity index is 497. The highest BCUT2D eigenvalue weighted by atomic mass is 127. The van der Waals surface area contributed by atoms with Gasteiger partial charge in [0.1, 0.15) is 11.6 Å².